The van der Waals surface area contributed by atoms with Gasteiger partial charge < -0.3 is 9.47 Å². The monoisotopic (exact) mass is 375 g/mol. The van der Waals surface area contributed by atoms with Gasteiger partial charge in [0.05, 0.1) is 14.2 Å². The Morgan fingerprint density at radius 3 is 2.46 bits per heavy atom. The first kappa shape index (κ1) is 19.1. The molecule has 0 unspecified atom stereocenters. The number of thioether (sulfide) groups is 1. The van der Waals surface area contributed by atoms with E-state index in [9.17, 15) is 0 Å². The third kappa shape index (κ3) is 4.17. The predicted octanol–water partition coefficient (Wildman–Crippen LogP) is 5.22. The van der Waals surface area contributed by atoms with Crippen molar-refractivity contribution in [3.63, 3.8) is 0 Å². The van der Waals surface area contributed by atoms with E-state index in [1.807, 2.05) is 30.0 Å². The van der Waals surface area contributed by atoms with Crippen LogP contribution in [0.5, 0.6) is 11.5 Å². The zero-order valence-electron chi connectivity index (χ0n) is 16.2. The maximum atomic E-state index is 5.48. The van der Waals surface area contributed by atoms with Crippen LogP contribution in [0.2, 0.25) is 0 Å². The second-order valence-corrected chi connectivity index (χ2v) is 8.23. The molecule has 2 aromatic rings. The fraction of sp³-hybridized carbons (Fsp3) is 0.600. The summed E-state index contributed by atoms with van der Waals surface area (Å²) in [6.07, 6.45) is 6.30. The SMILES string of the molecule is COc1ccc(-c2nnc(SCC(C)C)n2C2CCCCC2)cc1OC. The molecule has 0 spiro atoms. The smallest absolute Gasteiger partial charge is 0.191 e. The largest absolute Gasteiger partial charge is 0.493 e. The summed E-state index contributed by atoms with van der Waals surface area (Å²) in [7, 11) is 3.32. The van der Waals surface area contributed by atoms with Gasteiger partial charge in [0.15, 0.2) is 22.5 Å². The first-order valence-electron chi connectivity index (χ1n) is 9.44. The quantitative estimate of drug-likeness (QED) is 0.621. The number of benzene rings is 1. The molecule has 0 radical (unpaired) electrons. The van der Waals surface area contributed by atoms with Crippen LogP contribution in [-0.2, 0) is 0 Å². The average Bonchev–Trinajstić information content (AvgIpc) is 3.10. The van der Waals surface area contributed by atoms with Crippen LogP contribution in [0.3, 0.4) is 0 Å². The van der Waals surface area contributed by atoms with Gasteiger partial charge in [-0.15, -0.1) is 10.2 Å². The summed E-state index contributed by atoms with van der Waals surface area (Å²) in [6.45, 7) is 4.48. The Balaban J connectivity index is 2.00. The summed E-state index contributed by atoms with van der Waals surface area (Å²) in [5, 5.41) is 10.1. The number of hydrogen-bond donors (Lipinski definition) is 0. The molecule has 142 valence electrons. The molecule has 0 N–H and O–H groups in total. The van der Waals surface area contributed by atoms with Crippen molar-refractivity contribution < 1.29 is 9.47 Å². The van der Waals surface area contributed by atoms with E-state index in [2.05, 4.69) is 28.6 Å². The molecule has 0 saturated heterocycles. The Morgan fingerprint density at radius 2 is 1.81 bits per heavy atom. The van der Waals surface area contributed by atoms with Crippen LogP contribution in [0.4, 0.5) is 0 Å². The molecule has 0 bridgehead atoms. The molecule has 3 rings (SSSR count). The number of hydrogen-bond acceptors (Lipinski definition) is 5. The van der Waals surface area contributed by atoms with Gasteiger partial charge in [-0.2, -0.15) is 0 Å². The van der Waals surface area contributed by atoms with Crippen LogP contribution >= 0.6 is 11.8 Å². The maximum Gasteiger partial charge on any atom is 0.191 e. The lowest BCUT2D eigenvalue weighted by atomic mass is 9.95. The van der Waals surface area contributed by atoms with E-state index in [0.29, 0.717) is 12.0 Å². The number of rotatable bonds is 7. The standard InChI is InChI=1S/C20H29N3O2S/c1-14(2)13-26-20-22-21-19(23(20)16-8-6-5-7-9-16)15-10-11-17(24-3)18(12-15)25-4/h10-12,14,16H,5-9,13H2,1-4H3. The van der Waals surface area contributed by atoms with Gasteiger partial charge in [0.1, 0.15) is 0 Å². The van der Waals surface area contributed by atoms with Crippen LogP contribution in [-0.4, -0.2) is 34.7 Å². The highest BCUT2D eigenvalue weighted by molar-refractivity contribution is 7.99. The molecule has 6 heteroatoms. The molecule has 0 atom stereocenters. The minimum absolute atomic E-state index is 0.483. The normalized spacial score (nSPS) is 15.4. The Bertz CT molecular complexity index is 724. The summed E-state index contributed by atoms with van der Waals surface area (Å²) >= 11 is 1.82. The van der Waals surface area contributed by atoms with E-state index >= 15 is 0 Å². The number of nitrogens with zero attached hydrogens (tertiary/aromatic N) is 3. The molecule has 1 aliphatic rings. The molecule has 26 heavy (non-hydrogen) atoms. The van der Waals surface area contributed by atoms with Crippen LogP contribution < -0.4 is 9.47 Å². The number of ether oxygens (including phenoxy) is 2. The first-order valence-corrected chi connectivity index (χ1v) is 10.4. The second kappa shape index (κ2) is 8.80. The van der Waals surface area contributed by atoms with Crippen molar-refractivity contribution in [2.24, 2.45) is 5.92 Å². The molecule has 1 aromatic carbocycles. The third-order valence-electron chi connectivity index (χ3n) is 4.79. The topological polar surface area (TPSA) is 49.2 Å². The average molecular weight is 376 g/mol. The molecular weight excluding hydrogens is 346 g/mol. The zero-order chi connectivity index (χ0) is 18.5. The van der Waals surface area contributed by atoms with Crippen molar-refractivity contribution in [3.8, 4) is 22.9 Å². The lowest BCUT2D eigenvalue weighted by Crippen LogP contribution is -2.15. The van der Waals surface area contributed by atoms with E-state index in [0.717, 1.165) is 33.8 Å². The van der Waals surface area contributed by atoms with Gasteiger partial charge in [0.2, 0.25) is 0 Å². The Labute approximate surface area is 160 Å². The summed E-state index contributed by atoms with van der Waals surface area (Å²) in [5.41, 5.74) is 1.03. The Hall–Kier alpha value is -1.69. The molecule has 0 amide bonds. The highest BCUT2D eigenvalue weighted by Crippen LogP contribution is 2.38. The summed E-state index contributed by atoms with van der Waals surface area (Å²) in [4.78, 5) is 0. The molecule has 5 nitrogen and oxygen atoms in total. The maximum absolute atomic E-state index is 5.48. The lowest BCUT2D eigenvalue weighted by molar-refractivity contribution is 0.338. The summed E-state index contributed by atoms with van der Waals surface area (Å²) < 4.78 is 13.2. The van der Waals surface area contributed by atoms with Crippen LogP contribution in [0.25, 0.3) is 11.4 Å². The van der Waals surface area contributed by atoms with Gasteiger partial charge in [-0.3, -0.25) is 4.57 Å². The molecule has 1 saturated carbocycles. The van der Waals surface area contributed by atoms with Gasteiger partial charge in [0, 0.05) is 17.4 Å². The molecule has 0 aliphatic heterocycles. The van der Waals surface area contributed by atoms with E-state index in [-0.39, 0.29) is 0 Å². The zero-order valence-corrected chi connectivity index (χ0v) is 17.0. The van der Waals surface area contributed by atoms with Crippen molar-refractivity contribution in [1.29, 1.82) is 0 Å². The molecule has 1 fully saturated rings. The highest BCUT2D eigenvalue weighted by atomic mass is 32.2. The third-order valence-corrected chi connectivity index (χ3v) is 6.16. The number of aromatic nitrogens is 3. The van der Waals surface area contributed by atoms with E-state index < -0.39 is 0 Å². The lowest BCUT2D eigenvalue weighted by Gasteiger charge is -2.26. The van der Waals surface area contributed by atoms with Gasteiger partial charge in [-0.05, 0) is 37.0 Å². The van der Waals surface area contributed by atoms with Gasteiger partial charge >= 0.3 is 0 Å². The fourth-order valence-electron chi connectivity index (χ4n) is 3.46. The van der Waals surface area contributed by atoms with Crippen LogP contribution in [0, 0.1) is 5.92 Å². The Morgan fingerprint density at radius 1 is 1.08 bits per heavy atom. The molecule has 1 heterocycles. The van der Waals surface area contributed by atoms with Gasteiger partial charge in [0.25, 0.3) is 0 Å². The van der Waals surface area contributed by atoms with Crippen LogP contribution in [0.15, 0.2) is 23.4 Å². The summed E-state index contributed by atoms with van der Waals surface area (Å²) in [6, 6.07) is 6.46. The fourth-order valence-corrected chi connectivity index (χ4v) is 4.41. The first-order chi connectivity index (χ1) is 12.6. The summed E-state index contributed by atoms with van der Waals surface area (Å²) in [5.74, 6) is 4.07. The van der Waals surface area contributed by atoms with Crippen molar-refractivity contribution in [2.75, 3.05) is 20.0 Å². The van der Waals surface area contributed by atoms with Crippen LogP contribution in [0.1, 0.15) is 52.0 Å². The van der Waals surface area contributed by atoms with Gasteiger partial charge in [-0.25, -0.2) is 0 Å². The second-order valence-electron chi connectivity index (χ2n) is 7.24. The van der Waals surface area contributed by atoms with Crippen molar-refractivity contribution >= 4 is 11.8 Å². The Kier molecular flexibility index (Phi) is 6.46. The van der Waals surface area contributed by atoms with E-state index in [1.165, 1.54) is 32.1 Å². The van der Waals surface area contributed by atoms with E-state index in [1.54, 1.807) is 14.2 Å². The highest BCUT2D eigenvalue weighted by Gasteiger charge is 2.24. The van der Waals surface area contributed by atoms with Crippen molar-refractivity contribution in [1.82, 2.24) is 14.8 Å². The minimum Gasteiger partial charge on any atom is -0.493 e. The minimum atomic E-state index is 0.483. The number of methoxy groups -OCH3 is 2. The molecule has 1 aliphatic carbocycles. The van der Waals surface area contributed by atoms with Crippen molar-refractivity contribution in [2.45, 2.75) is 57.1 Å². The van der Waals surface area contributed by atoms with Crippen molar-refractivity contribution in [3.05, 3.63) is 18.2 Å². The van der Waals surface area contributed by atoms with Gasteiger partial charge in [-0.1, -0.05) is 44.9 Å². The molecule has 1 aromatic heterocycles. The predicted molar refractivity (Wildman–Crippen MR) is 106 cm³/mol. The molecular formula is C20H29N3O2S. The van der Waals surface area contributed by atoms with E-state index in [4.69, 9.17) is 9.47 Å².